The summed E-state index contributed by atoms with van der Waals surface area (Å²) in [5, 5.41) is 5.92. The summed E-state index contributed by atoms with van der Waals surface area (Å²) in [4.78, 5) is 11.2. The molecule has 0 bridgehead atoms. The number of likely N-dealkylation sites (N-methyl/N-ethyl adjacent to an activating group) is 1. The molecule has 0 unspecified atom stereocenters. The summed E-state index contributed by atoms with van der Waals surface area (Å²) in [6, 6.07) is -0.862. The van der Waals surface area contributed by atoms with Crippen LogP contribution in [0.25, 0.3) is 0 Å². The summed E-state index contributed by atoms with van der Waals surface area (Å²) in [6.45, 7) is 4.48. The minimum Gasteiger partial charge on any atom is -0.360 e. The van der Waals surface area contributed by atoms with E-state index in [1.807, 2.05) is 0 Å². The van der Waals surface area contributed by atoms with Crippen molar-refractivity contribution in [2.75, 3.05) is 7.05 Å². The van der Waals surface area contributed by atoms with Crippen LogP contribution in [0.3, 0.4) is 0 Å². The lowest BCUT2D eigenvalue weighted by atomic mass is 10.3. The molecule has 2 N–H and O–H groups in total. The standard InChI is InChI=1S/C9H15N3O4S/c1-5-8(7(3)16-11-5)17(14,15)12-6(2)9(13)10-4/h6,12H,1-4H3,(H,10,13)/t6-/m0/s1. The van der Waals surface area contributed by atoms with E-state index in [4.69, 9.17) is 4.52 Å². The fourth-order valence-corrected chi connectivity index (χ4v) is 2.95. The zero-order valence-electron chi connectivity index (χ0n) is 10.1. The molecule has 1 rings (SSSR count). The minimum atomic E-state index is -3.80. The Morgan fingerprint density at radius 1 is 1.41 bits per heavy atom. The highest BCUT2D eigenvalue weighted by Crippen LogP contribution is 2.18. The molecule has 0 aliphatic rings. The fourth-order valence-electron chi connectivity index (χ4n) is 1.42. The molecule has 0 aromatic carbocycles. The van der Waals surface area contributed by atoms with Crippen molar-refractivity contribution in [1.29, 1.82) is 0 Å². The van der Waals surface area contributed by atoms with Crippen LogP contribution < -0.4 is 10.0 Å². The zero-order valence-corrected chi connectivity index (χ0v) is 10.9. The first-order valence-electron chi connectivity index (χ1n) is 4.96. The third-order valence-electron chi connectivity index (χ3n) is 2.21. The highest BCUT2D eigenvalue weighted by Gasteiger charge is 2.27. The van der Waals surface area contributed by atoms with Gasteiger partial charge in [-0.15, -0.1) is 0 Å². The monoisotopic (exact) mass is 261 g/mol. The average molecular weight is 261 g/mol. The smallest absolute Gasteiger partial charge is 0.246 e. The summed E-state index contributed by atoms with van der Waals surface area (Å²) in [5.41, 5.74) is 0.263. The lowest BCUT2D eigenvalue weighted by Gasteiger charge is -2.12. The topological polar surface area (TPSA) is 101 Å². The molecule has 0 saturated heterocycles. The van der Waals surface area contributed by atoms with Gasteiger partial charge in [0.15, 0.2) is 5.76 Å². The first-order valence-corrected chi connectivity index (χ1v) is 6.44. The van der Waals surface area contributed by atoms with Crippen LogP contribution >= 0.6 is 0 Å². The van der Waals surface area contributed by atoms with Gasteiger partial charge in [0, 0.05) is 7.05 Å². The van der Waals surface area contributed by atoms with Crippen molar-refractivity contribution >= 4 is 15.9 Å². The Labute approximate surface area is 99.6 Å². The van der Waals surface area contributed by atoms with E-state index in [2.05, 4.69) is 15.2 Å². The lowest BCUT2D eigenvalue weighted by Crippen LogP contribution is -2.43. The van der Waals surface area contributed by atoms with Gasteiger partial charge in [0.2, 0.25) is 15.9 Å². The Morgan fingerprint density at radius 2 is 2.00 bits per heavy atom. The van der Waals surface area contributed by atoms with E-state index in [0.717, 1.165) is 0 Å². The Kier molecular flexibility index (Phi) is 3.89. The molecular formula is C9H15N3O4S. The molecule has 8 heteroatoms. The zero-order chi connectivity index (χ0) is 13.2. The van der Waals surface area contributed by atoms with Gasteiger partial charge in [-0.3, -0.25) is 4.79 Å². The second-order valence-electron chi connectivity index (χ2n) is 3.61. The number of amides is 1. The van der Waals surface area contributed by atoms with Crippen LogP contribution in [-0.4, -0.2) is 32.6 Å². The van der Waals surface area contributed by atoms with E-state index in [1.165, 1.54) is 27.8 Å². The minimum absolute atomic E-state index is 0.0201. The number of rotatable bonds is 4. The molecule has 1 amide bonds. The van der Waals surface area contributed by atoms with Crippen LogP contribution in [0.15, 0.2) is 9.42 Å². The predicted molar refractivity (Wildman–Crippen MR) is 59.8 cm³/mol. The number of nitrogens with one attached hydrogen (secondary N) is 2. The SMILES string of the molecule is CNC(=O)[C@H](C)NS(=O)(=O)c1c(C)noc1C. The molecule has 96 valence electrons. The van der Waals surface area contributed by atoms with Gasteiger partial charge >= 0.3 is 0 Å². The number of aromatic nitrogens is 1. The Bertz CT molecular complexity index is 501. The van der Waals surface area contributed by atoms with E-state index in [9.17, 15) is 13.2 Å². The quantitative estimate of drug-likeness (QED) is 0.775. The Hall–Kier alpha value is -1.41. The van der Waals surface area contributed by atoms with Crippen LogP contribution in [0.4, 0.5) is 0 Å². The molecule has 1 aromatic rings. The van der Waals surface area contributed by atoms with Gasteiger partial charge < -0.3 is 9.84 Å². The van der Waals surface area contributed by atoms with Gasteiger partial charge in [0.05, 0.1) is 6.04 Å². The molecule has 0 aliphatic heterocycles. The second kappa shape index (κ2) is 4.84. The summed E-state index contributed by atoms with van der Waals surface area (Å²) >= 11 is 0. The van der Waals surface area contributed by atoms with Gasteiger partial charge in [0.25, 0.3) is 0 Å². The molecule has 0 fully saturated rings. The van der Waals surface area contributed by atoms with Crippen LogP contribution in [0.2, 0.25) is 0 Å². The van der Waals surface area contributed by atoms with E-state index in [0.29, 0.717) is 0 Å². The van der Waals surface area contributed by atoms with Crippen molar-refractivity contribution in [2.24, 2.45) is 0 Å². The fraction of sp³-hybridized carbons (Fsp3) is 0.556. The maximum atomic E-state index is 12.0. The first kappa shape index (κ1) is 13.7. The summed E-state index contributed by atoms with van der Waals surface area (Å²) in [5.74, 6) is -0.223. The van der Waals surface area contributed by atoms with Gasteiger partial charge in [-0.25, -0.2) is 8.42 Å². The Morgan fingerprint density at radius 3 is 2.41 bits per heavy atom. The molecule has 0 spiro atoms. The third-order valence-corrected chi connectivity index (χ3v) is 3.99. The lowest BCUT2D eigenvalue weighted by molar-refractivity contribution is -0.121. The molecule has 0 aliphatic carbocycles. The molecular weight excluding hydrogens is 246 g/mol. The van der Waals surface area contributed by atoms with E-state index < -0.39 is 22.0 Å². The second-order valence-corrected chi connectivity index (χ2v) is 5.26. The number of carbonyl (C=O) groups excluding carboxylic acids is 1. The number of aryl methyl sites for hydroxylation is 2. The molecule has 0 radical (unpaired) electrons. The molecule has 1 heterocycles. The first-order chi connectivity index (χ1) is 7.79. The molecule has 0 saturated carbocycles. The van der Waals surface area contributed by atoms with Gasteiger partial charge in [-0.1, -0.05) is 5.16 Å². The number of hydrogen-bond donors (Lipinski definition) is 2. The Balaban J connectivity index is 3.02. The normalized spacial score (nSPS) is 13.4. The van der Waals surface area contributed by atoms with Crippen molar-refractivity contribution < 1.29 is 17.7 Å². The number of sulfonamides is 1. The average Bonchev–Trinajstić information content (AvgIpc) is 2.57. The van der Waals surface area contributed by atoms with Gasteiger partial charge in [-0.2, -0.15) is 4.72 Å². The number of nitrogens with zero attached hydrogens (tertiary/aromatic N) is 1. The number of carbonyl (C=O) groups is 1. The molecule has 7 nitrogen and oxygen atoms in total. The van der Waals surface area contributed by atoms with Crippen LogP contribution in [0.5, 0.6) is 0 Å². The van der Waals surface area contributed by atoms with Gasteiger partial charge in [0.1, 0.15) is 10.6 Å². The summed E-state index contributed by atoms with van der Waals surface area (Å²) in [6.07, 6.45) is 0. The van der Waals surface area contributed by atoms with Crippen molar-refractivity contribution in [1.82, 2.24) is 15.2 Å². The summed E-state index contributed by atoms with van der Waals surface area (Å²) in [7, 11) is -2.37. The van der Waals surface area contributed by atoms with Crippen LogP contribution in [0.1, 0.15) is 18.4 Å². The molecule has 17 heavy (non-hydrogen) atoms. The van der Waals surface area contributed by atoms with Gasteiger partial charge in [-0.05, 0) is 20.8 Å². The maximum Gasteiger partial charge on any atom is 0.246 e. The van der Waals surface area contributed by atoms with E-state index in [-0.39, 0.29) is 16.3 Å². The third kappa shape index (κ3) is 2.83. The van der Waals surface area contributed by atoms with Crippen LogP contribution in [-0.2, 0) is 14.8 Å². The van der Waals surface area contributed by atoms with Crippen molar-refractivity contribution in [3.05, 3.63) is 11.5 Å². The highest BCUT2D eigenvalue weighted by atomic mass is 32.2. The van der Waals surface area contributed by atoms with Crippen molar-refractivity contribution in [3.63, 3.8) is 0 Å². The number of hydrogen-bond acceptors (Lipinski definition) is 5. The van der Waals surface area contributed by atoms with E-state index in [1.54, 1.807) is 0 Å². The van der Waals surface area contributed by atoms with E-state index >= 15 is 0 Å². The van der Waals surface area contributed by atoms with Crippen LogP contribution in [0, 0.1) is 13.8 Å². The maximum absolute atomic E-state index is 12.0. The highest BCUT2D eigenvalue weighted by molar-refractivity contribution is 7.89. The predicted octanol–water partition coefficient (Wildman–Crippen LogP) is -0.296. The van der Waals surface area contributed by atoms with Crippen molar-refractivity contribution in [3.8, 4) is 0 Å². The summed E-state index contributed by atoms with van der Waals surface area (Å²) < 4.78 is 31.0. The largest absolute Gasteiger partial charge is 0.360 e. The van der Waals surface area contributed by atoms with Crippen molar-refractivity contribution in [2.45, 2.75) is 31.7 Å². The molecule has 1 atom stereocenters. The molecule has 1 aromatic heterocycles.